The maximum atomic E-state index is 12.3. The van der Waals surface area contributed by atoms with E-state index in [0.717, 1.165) is 11.1 Å². The molecule has 0 saturated carbocycles. The van der Waals surface area contributed by atoms with E-state index in [2.05, 4.69) is 31.2 Å². The van der Waals surface area contributed by atoms with Crippen molar-refractivity contribution in [1.29, 1.82) is 0 Å². The fourth-order valence-electron chi connectivity index (χ4n) is 3.28. The summed E-state index contributed by atoms with van der Waals surface area (Å²) in [5, 5.41) is 12.5. The van der Waals surface area contributed by atoms with Crippen LogP contribution in [-0.4, -0.2) is 37.0 Å². The van der Waals surface area contributed by atoms with E-state index >= 15 is 0 Å². The summed E-state index contributed by atoms with van der Waals surface area (Å²) in [4.78, 5) is 30.1. The molecule has 0 atom stereocenters. The van der Waals surface area contributed by atoms with Crippen molar-refractivity contribution < 1.29 is 14.0 Å². The second kappa shape index (κ2) is 9.79. The van der Waals surface area contributed by atoms with Crippen LogP contribution in [0.25, 0.3) is 28.6 Å². The van der Waals surface area contributed by atoms with Gasteiger partial charge in [-0.15, -0.1) is 10.2 Å². The molecule has 0 unspecified atom stereocenters. The Balaban J connectivity index is 1.13. The van der Waals surface area contributed by atoms with Crippen LogP contribution in [0.15, 0.2) is 89.4 Å². The molecule has 5 rings (SSSR count). The highest BCUT2D eigenvalue weighted by molar-refractivity contribution is 5.97. The smallest absolute Gasteiger partial charge is 0.269 e. The number of aromatic nitrogens is 5. The first-order valence-electron chi connectivity index (χ1n) is 10.7. The molecule has 0 bridgehead atoms. The van der Waals surface area contributed by atoms with Gasteiger partial charge >= 0.3 is 0 Å². The lowest BCUT2D eigenvalue weighted by molar-refractivity contribution is -0.117. The molecular formula is C25H19N7O3. The molecule has 0 fully saturated rings. The summed E-state index contributed by atoms with van der Waals surface area (Å²) < 4.78 is 5.51. The molecule has 172 valence electrons. The van der Waals surface area contributed by atoms with Crippen LogP contribution in [0, 0.1) is 0 Å². The van der Waals surface area contributed by atoms with E-state index in [-0.39, 0.29) is 0 Å². The SMILES string of the molecule is O=C(/C=C/c1nc2ccccc2o1)NNC(=O)c1ccc(Cn2nnc(-c3ccccc3)n2)cc1. The highest BCUT2D eigenvalue weighted by Crippen LogP contribution is 2.15. The first-order valence-corrected chi connectivity index (χ1v) is 10.7. The molecule has 2 N–H and O–H groups in total. The number of hydrogen-bond acceptors (Lipinski definition) is 7. The van der Waals surface area contributed by atoms with E-state index in [1.54, 1.807) is 30.3 Å². The largest absolute Gasteiger partial charge is 0.437 e. The minimum atomic E-state index is -0.524. The van der Waals surface area contributed by atoms with Crippen molar-refractivity contribution in [3.05, 3.63) is 102 Å². The monoisotopic (exact) mass is 465 g/mol. The van der Waals surface area contributed by atoms with Crippen molar-refractivity contribution in [3.8, 4) is 11.4 Å². The molecule has 10 nitrogen and oxygen atoms in total. The minimum absolute atomic E-state index is 0.293. The van der Waals surface area contributed by atoms with Crippen molar-refractivity contribution in [1.82, 2.24) is 36.0 Å². The zero-order chi connectivity index (χ0) is 24.0. The first kappa shape index (κ1) is 21.7. The molecule has 35 heavy (non-hydrogen) atoms. The number of tetrazole rings is 1. The summed E-state index contributed by atoms with van der Waals surface area (Å²) in [6.45, 7) is 0.402. The number of rotatable bonds is 6. The Morgan fingerprint density at radius 3 is 2.49 bits per heavy atom. The average Bonchev–Trinajstić information content (AvgIpc) is 3.54. The van der Waals surface area contributed by atoms with Crippen molar-refractivity contribution in [3.63, 3.8) is 0 Å². The van der Waals surface area contributed by atoms with Gasteiger partial charge in [-0.1, -0.05) is 54.6 Å². The first-order chi connectivity index (χ1) is 17.1. The summed E-state index contributed by atoms with van der Waals surface area (Å²) in [5.41, 5.74) is 8.18. The van der Waals surface area contributed by atoms with E-state index in [9.17, 15) is 9.59 Å². The van der Waals surface area contributed by atoms with Crippen LogP contribution in [-0.2, 0) is 11.3 Å². The molecule has 2 heterocycles. The number of nitrogens with zero attached hydrogens (tertiary/aromatic N) is 5. The number of amides is 2. The number of nitrogens with one attached hydrogen (secondary N) is 2. The fourth-order valence-corrected chi connectivity index (χ4v) is 3.28. The van der Waals surface area contributed by atoms with Crippen LogP contribution < -0.4 is 10.9 Å². The third-order valence-electron chi connectivity index (χ3n) is 5.01. The molecule has 0 saturated heterocycles. The topological polar surface area (TPSA) is 128 Å². The minimum Gasteiger partial charge on any atom is -0.437 e. The Hall–Kier alpha value is -5.12. The Bertz CT molecular complexity index is 1470. The average molecular weight is 465 g/mol. The molecule has 0 aliphatic heterocycles. The highest BCUT2D eigenvalue weighted by Gasteiger charge is 2.09. The Morgan fingerprint density at radius 2 is 1.69 bits per heavy atom. The zero-order valence-corrected chi connectivity index (χ0v) is 18.3. The number of hydrazine groups is 1. The Morgan fingerprint density at radius 1 is 0.914 bits per heavy atom. The van der Waals surface area contributed by atoms with E-state index < -0.39 is 11.8 Å². The van der Waals surface area contributed by atoms with Gasteiger partial charge in [0.25, 0.3) is 11.8 Å². The van der Waals surface area contributed by atoms with Crippen LogP contribution in [0.5, 0.6) is 0 Å². The van der Waals surface area contributed by atoms with Gasteiger partial charge in [-0.3, -0.25) is 20.4 Å². The summed E-state index contributed by atoms with van der Waals surface area (Å²) in [7, 11) is 0. The molecule has 0 radical (unpaired) electrons. The van der Waals surface area contributed by atoms with Crippen LogP contribution in [0.4, 0.5) is 0 Å². The van der Waals surface area contributed by atoms with E-state index in [0.29, 0.717) is 34.9 Å². The number of fused-ring (bicyclic) bond motifs is 1. The molecule has 0 aliphatic rings. The summed E-state index contributed by atoms with van der Waals surface area (Å²) in [5.74, 6) is -0.141. The summed E-state index contributed by atoms with van der Waals surface area (Å²) >= 11 is 0. The predicted molar refractivity (Wildman–Crippen MR) is 127 cm³/mol. The maximum Gasteiger partial charge on any atom is 0.269 e. The molecule has 0 spiro atoms. The van der Waals surface area contributed by atoms with Gasteiger partial charge in [0.2, 0.25) is 11.7 Å². The number of para-hydroxylation sites is 2. The lowest BCUT2D eigenvalue weighted by Gasteiger charge is -2.06. The number of carbonyl (C=O) groups is 2. The van der Waals surface area contributed by atoms with E-state index in [1.807, 2.05) is 48.5 Å². The zero-order valence-electron chi connectivity index (χ0n) is 18.3. The second-order valence-corrected chi connectivity index (χ2v) is 7.50. The quantitative estimate of drug-likeness (QED) is 0.291. The third-order valence-corrected chi connectivity index (χ3v) is 5.01. The third kappa shape index (κ3) is 5.28. The number of oxazole rings is 1. The molecule has 5 aromatic rings. The molecule has 10 heteroatoms. The normalized spacial score (nSPS) is 11.1. The Kier molecular flexibility index (Phi) is 6.07. The number of carbonyl (C=O) groups excluding carboxylic acids is 2. The van der Waals surface area contributed by atoms with E-state index in [1.165, 1.54) is 16.9 Å². The summed E-state index contributed by atoms with van der Waals surface area (Å²) in [6, 6.07) is 23.7. The molecular weight excluding hydrogens is 446 g/mol. The van der Waals surface area contributed by atoms with Crippen LogP contribution in [0.3, 0.4) is 0 Å². The van der Waals surface area contributed by atoms with Crippen LogP contribution in [0.1, 0.15) is 21.8 Å². The van der Waals surface area contributed by atoms with Crippen molar-refractivity contribution in [2.75, 3.05) is 0 Å². The molecule has 2 amide bonds. The van der Waals surface area contributed by atoms with Gasteiger partial charge in [-0.25, -0.2) is 4.98 Å². The molecule has 3 aromatic carbocycles. The highest BCUT2D eigenvalue weighted by atomic mass is 16.3. The van der Waals surface area contributed by atoms with Gasteiger partial charge in [0.1, 0.15) is 5.52 Å². The number of benzene rings is 3. The van der Waals surface area contributed by atoms with Gasteiger partial charge in [0.15, 0.2) is 5.58 Å². The maximum absolute atomic E-state index is 12.3. The van der Waals surface area contributed by atoms with Gasteiger partial charge < -0.3 is 4.42 Å². The molecule has 2 aromatic heterocycles. The molecule has 0 aliphatic carbocycles. The lowest BCUT2D eigenvalue weighted by atomic mass is 10.1. The van der Waals surface area contributed by atoms with Crippen molar-refractivity contribution in [2.24, 2.45) is 0 Å². The van der Waals surface area contributed by atoms with Crippen LogP contribution in [0.2, 0.25) is 0 Å². The fraction of sp³-hybridized carbons (Fsp3) is 0.0400. The van der Waals surface area contributed by atoms with Gasteiger partial charge in [0, 0.05) is 23.3 Å². The van der Waals surface area contributed by atoms with Crippen LogP contribution >= 0.6 is 0 Å². The number of hydrogen-bond donors (Lipinski definition) is 2. The van der Waals surface area contributed by atoms with Gasteiger partial charge in [-0.05, 0) is 35.0 Å². The van der Waals surface area contributed by atoms with Gasteiger partial charge in [0.05, 0.1) is 6.54 Å². The van der Waals surface area contributed by atoms with Crippen molar-refractivity contribution in [2.45, 2.75) is 6.54 Å². The van der Waals surface area contributed by atoms with Gasteiger partial charge in [-0.2, -0.15) is 4.80 Å². The predicted octanol–water partition coefficient (Wildman–Crippen LogP) is 3.00. The van der Waals surface area contributed by atoms with E-state index in [4.69, 9.17) is 4.42 Å². The van der Waals surface area contributed by atoms with Crippen molar-refractivity contribution >= 4 is 29.0 Å². The second-order valence-electron chi connectivity index (χ2n) is 7.50. The lowest BCUT2D eigenvalue weighted by Crippen LogP contribution is -2.40. The standard InChI is InChI=1S/C25H19N7O3/c33-22(14-15-23-26-20-8-4-5-9-21(20)35-23)27-29-25(34)19-12-10-17(11-13-19)16-32-30-24(28-31-32)18-6-2-1-3-7-18/h1-15H,16H2,(H,27,33)(H,29,34)/b15-14+. The summed E-state index contributed by atoms with van der Waals surface area (Å²) in [6.07, 6.45) is 2.65. The Labute approximate surface area is 199 Å².